The molecule has 0 saturated carbocycles. The molecule has 2 aromatic carbocycles. The second kappa shape index (κ2) is 6.88. The zero-order chi connectivity index (χ0) is 16.9. The van der Waals surface area contributed by atoms with Gasteiger partial charge in [0.1, 0.15) is 17.3 Å². The molecule has 0 aliphatic carbocycles. The first-order valence-corrected chi connectivity index (χ1v) is 7.70. The zero-order valence-electron chi connectivity index (χ0n) is 13.5. The van der Waals surface area contributed by atoms with Crippen LogP contribution in [-0.2, 0) is 6.42 Å². The van der Waals surface area contributed by atoms with Crippen LogP contribution >= 0.6 is 0 Å². The Balaban J connectivity index is 1.72. The van der Waals surface area contributed by atoms with E-state index in [0.717, 1.165) is 35.3 Å². The number of benzene rings is 2. The maximum atomic E-state index is 8.73. The summed E-state index contributed by atoms with van der Waals surface area (Å²) >= 11 is 0. The minimum Gasteiger partial charge on any atom is -0.248 e. The molecular formula is C19H17N5. The summed E-state index contributed by atoms with van der Waals surface area (Å²) in [5, 5.41) is 17.1. The zero-order valence-corrected chi connectivity index (χ0v) is 13.5. The molecule has 0 N–H and O–H groups in total. The van der Waals surface area contributed by atoms with Crippen molar-refractivity contribution < 1.29 is 0 Å². The average Bonchev–Trinajstić information content (AvgIpc) is 3.04. The Labute approximate surface area is 140 Å². The highest BCUT2D eigenvalue weighted by Crippen LogP contribution is 2.17. The van der Waals surface area contributed by atoms with Gasteiger partial charge in [-0.15, -0.1) is 5.10 Å². The van der Waals surface area contributed by atoms with Gasteiger partial charge in [0, 0.05) is 5.70 Å². The molecule has 24 heavy (non-hydrogen) atoms. The molecule has 5 nitrogen and oxygen atoms in total. The van der Waals surface area contributed by atoms with E-state index in [-0.39, 0.29) is 0 Å². The van der Waals surface area contributed by atoms with Crippen molar-refractivity contribution in [1.29, 1.82) is 5.26 Å². The fraction of sp³-hybridized carbons (Fsp3) is 0.158. The van der Waals surface area contributed by atoms with Crippen LogP contribution in [0.25, 0.3) is 16.7 Å². The predicted molar refractivity (Wildman–Crippen MR) is 95.0 cm³/mol. The molecule has 0 unspecified atom stereocenters. The summed E-state index contributed by atoms with van der Waals surface area (Å²) in [5.74, 6) is 0. The summed E-state index contributed by atoms with van der Waals surface area (Å²) in [5.41, 5.74) is 5.19. The minimum absolute atomic E-state index is 0.438. The highest BCUT2D eigenvalue weighted by Gasteiger charge is 2.05. The van der Waals surface area contributed by atoms with Crippen LogP contribution in [-0.4, -0.2) is 20.7 Å². The molecule has 0 atom stereocenters. The van der Waals surface area contributed by atoms with Crippen molar-refractivity contribution in [3.05, 3.63) is 66.4 Å². The number of allylic oxidation sites excluding steroid dienone is 1. The van der Waals surface area contributed by atoms with E-state index in [9.17, 15) is 0 Å². The predicted octanol–water partition coefficient (Wildman–Crippen LogP) is 3.85. The lowest BCUT2D eigenvalue weighted by Crippen LogP contribution is -1.97. The van der Waals surface area contributed by atoms with Crippen LogP contribution in [0, 0.1) is 11.3 Å². The Kier molecular flexibility index (Phi) is 4.48. The molecular weight excluding hydrogens is 298 g/mol. The second-order valence-electron chi connectivity index (χ2n) is 5.53. The van der Waals surface area contributed by atoms with Crippen molar-refractivity contribution in [2.24, 2.45) is 4.99 Å². The van der Waals surface area contributed by atoms with Gasteiger partial charge in [-0.05, 0) is 49.6 Å². The maximum absolute atomic E-state index is 8.73. The molecule has 3 aromatic rings. The monoisotopic (exact) mass is 315 g/mol. The molecule has 0 aliphatic rings. The van der Waals surface area contributed by atoms with Gasteiger partial charge in [0.25, 0.3) is 0 Å². The van der Waals surface area contributed by atoms with Gasteiger partial charge in [0.15, 0.2) is 0 Å². The van der Waals surface area contributed by atoms with Crippen LogP contribution in [0.15, 0.2) is 65.8 Å². The van der Waals surface area contributed by atoms with Gasteiger partial charge in [-0.3, -0.25) is 0 Å². The summed E-state index contributed by atoms with van der Waals surface area (Å²) in [6.07, 6.45) is 1.56. The maximum Gasteiger partial charge on any atom is 0.115 e. The first-order valence-electron chi connectivity index (χ1n) is 7.70. The number of aromatic nitrogens is 3. The van der Waals surface area contributed by atoms with E-state index in [1.807, 2.05) is 47.1 Å². The highest BCUT2D eigenvalue weighted by molar-refractivity contribution is 5.96. The number of hydrogen-bond donors (Lipinski definition) is 0. The van der Waals surface area contributed by atoms with Gasteiger partial charge in [0.2, 0.25) is 0 Å². The second-order valence-corrected chi connectivity index (χ2v) is 5.53. The van der Waals surface area contributed by atoms with Crippen LogP contribution in [0.3, 0.4) is 0 Å². The Morgan fingerprint density at radius 1 is 1.21 bits per heavy atom. The molecule has 0 aliphatic heterocycles. The molecule has 0 amide bonds. The van der Waals surface area contributed by atoms with Crippen LogP contribution < -0.4 is 0 Å². The number of fused-ring (bicyclic) bond motifs is 1. The average molecular weight is 315 g/mol. The summed E-state index contributed by atoms with van der Waals surface area (Å²) < 4.78 is 1.83. The molecule has 1 aromatic heterocycles. The van der Waals surface area contributed by atoms with Crippen LogP contribution in [0.1, 0.15) is 18.9 Å². The van der Waals surface area contributed by atoms with Crippen molar-refractivity contribution >= 4 is 16.7 Å². The summed E-state index contributed by atoms with van der Waals surface area (Å²) in [6, 6.07) is 18.1. The van der Waals surface area contributed by atoms with E-state index in [2.05, 4.69) is 34.0 Å². The lowest BCUT2D eigenvalue weighted by molar-refractivity contribution is 0.822. The molecule has 5 heteroatoms. The number of nitriles is 1. The number of nitrogens with zero attached hydrogens (tertiary/aromatic N) is 5. The minimum atomic E-state index is 0.438. The van der Waals surface area contributed by atoms with E-state index in [0.29, 0.717) is 5.71 Å². The van der Waals surface area contributed by atoms with Gasteiger partial charge in [0.05, 0.1) is 11.2 Å². The van der Waals surface area contributed by atoms with Crippen LogP contribution in [0.5, 0.6) is 0 Å². The number of aliphatic imine (C=N–C) groups is 1. The molecule has 3 rings (SSSR count). The standard InChI is InChI=1S/C19H17N5/c1-14(21-15(2)13-20)7-8-16-9-11-17(12-10-16)24-19-6-4-3-5-18(19)22-23-24/h3-6,9-12H,1,7-8H2,2H3. The van der Waals surface area contributed by atoms with E-state index in [1.54, 1.807) is 6.92 Å². The van der Waals surface area contributed by atoms with E-state index < -0.39 is 0 Å². The normalized spacial score (nSPS) is 11.4. The Morgan fingerprint density at radius 2 is 1.96 bits per heavy atom. The SMILES string of the molecule is C=C(CCc1ccc(-n2nnc3ccccc32)cc1)N=C(C)C#N. The highest BCUT2D eigenvalue weighted by atomic mass is 15.4. The fourth-order valence-electron chi connectivity index (χ4n) is 2.47. The first kappa shape index (κ1) is 15.6. The topological polar surface area (TPSA) is 66.9 Å². The quantitative estimate of drug-likeness (QED) is 0.672. The van der Waals surface area contributed by atoms with E-state index in [4.69, 9.17) is 5.26 Å². The van der Waals surface area contributed by atoms with Gasteiger partial charge >= 0.3 is 0 Å². The van der Waals surface area contributed by atoms with Crippen molar-refractivity contribution in [2.45, 2.75) is 19.8 Å². The van der Waals surface area contributed by atoms with Gasteiger partial charge in [-0.1, -0.05) is 36.1 Å². The van der Waals surface area contributed by atoms with Crippen LogP contribution in [0.2, 0.25) is 0 Å². The molecule has 1 heterocycles. The third-order valence-electron chi connectivity index (χ3n) is 3.72. The van der Waals surface area contributed by atoms with E-state index >= 15 is 0 Å². The third kappa shape index (κ3) is 3.39. The van der Waals surface area contributed by atoms with Crippen LogP contribution in [0.4, 0.5) is 0 Å². The molecule has 0 fully saturated rings. The molecule has 0 saturated heterocycles. The molecule has 0 radical (unpaired) electrons. The van der Waals surface area contributed by atoms with Gasteiger partial charge < -0.3 is 0 Å². The number of aryl methyl sites for hydroxylation is 1. The molecule has 0 spiro atoms. The largest absolute Gasteiger partial charge is 0.248 e. The Morgan fingerprint density at radius 3 is 2.71 bits per heavy atom. The van der Waals surface area contributed by atoms with Gasteiger partial charge in [-0.2, -0.15) is 5.26 Å². The number of hydrogen-bond acceptors (Lipinski definition) is 4. The summed E-state index contributed by atoms with van der Waals surface area (Å²) in [6.45, 7) is 5.57. The first-order chi connectivity index (χ1) is 11.7. The summed E-state index contributed by atoms with van der Waals surface area (Å²) in [7, 11) is 0. The van der Waals surface area contributed by atoms with Crippen molar-refractivity contribution in [3.8, 4) is 11.8 Å². The Hall–Kier alpha value is -3.26. The Bertz CT molecular complexity index is 942. The molecule has 118 valence electrons. The van der Waals surface area contributed by atoms with E-state index in [1.165, 1.54) is 5.56 Å². The number of para-hydroxylation sites is 1. The van der Waals surface area contributed by atoms with Crippen molar-refractivity contribution in [3.63, 3.8) is 0 Å². The fourth-order valence-corrected chi connectivity index (χ4v) is 2.47. The van der Waals surface area contributed by atoms with Crippen molar-refractivity contribution in [1.82, 2.24) is 15.0 Å². The smallest absolute Gasteiger partial charge is 0.115 e. The third-order valence-corrected chi connectivity index (χ3v) is 3.72. The molecule has 0 bridgehead atoms. The van der Waals surface area contributed by atoms with Crippen molar-refractivity contribution in [2.75, 3.05) is 0 Å². The lowest BCUT2D eigenvalue weighted by Gasteiger charge is -2.05. The summed E-state index contributed by atoms with van der Waals surface area (Å²) in [4.78, 5) is 4.14. The number of rotatable bonds is 5. The lowest BCUT2D eigenvalue weighted by atomic mass is 10.1. The van der Waals surface area contributed by atoms with Gasteiger partial charge in [-0.25, -0.2) is 9.67 Å².